The number of thioether (sulfide) groups is 1. The summed E-state index contributed by atoms with van der Waals surface area (Å²) in [6, 6.07) is 0. The average molecular weight is 282 g/mol. The lowest BCUT2D eigenvalue weighted by molar-refractivity contribution is 0.0893. The summed E-state index contributed by atoms with van der Waals surface area (Å²) in [4.78, 5) is 5.55. The maximum Gasteiger partial charge on any atom is 0.00508 e. The molecular weight excluding hydrogens is 252 g/mol. The van der Waals surface area contributed by atoms with Crippen molar-refractivity contribution in [2.45, 2.75) is 38.5 Å². The van der Waals surface area contributed by atoms with Crippen molar-refractivity contribution in [1.29, 1.82) is 0 Å². The molecule has 3 aliphatic rings. The molecule has 0 amide bonds. The van der Waals surface area contributed by atoms with Crippen molar-refractivity contribution < 1.29 is 0 Å². The van der Waals surface area contributed by atoms with E-state index in [0.717, 1.165) is 5.92 Å². The number of hydrogen-bond acceptors (Lipinski definition) is 3. The van der Waals surface area contributed by atoms with Crippen LogP contribution >= 0.6 is 11.8 Å². The largest absolute Gasteiger partial charge is 0.303 e. The summed E-state index contributed by atoms with van der Waals surface area (Å²) in [5.41, 5.74) is 0.673. The summed E-state index contributed by atoms with van der Waals surface area (Å²) in [5, 5.41) is 0. The number of likely N-dealkylation sites (tertiary alicyclic amines) is 2. The second-order valence-electron chi connectivity index (χ2n) is 7.15. The first-order chi connectivity index (χ1) is 9.30. The Hall–Kier alpha value is 0.270. The maximum absolute atomic E-state index is 2.80. The van der Waals surface area contributed by atoms with Crippen molar-refractivity contribution in [2.24, 2.45) is 11.3 Å². The summed E-state index contributed by atoms with van der Waals surface area (Å²) in [5.74, 6) is 2.39. The number of piperidine rings is 1. The quantitative estimate of drug-likeness (QED) is 0.692. The van der Waals surface area contributed by atoms with Gasteiger partial charge in [0.25, 0.3) is 0 Å². The lowest BCUT2D eigenvalue weighted by Gasteiger charge is -2.40. The van der Waals surface area contributed by atoms with Crippen LogP contribution in [0.2, 0.25) is 0 Å². The van der Waals surface area contributed by atoms with Gasteiger partial charge in [-0.3, -0.25) is 0 Å². The van der Waals surface area contributed by atoms with Crippen molar-refractivity contribution >= 4 is 11.8 Å². The molecule has 2 saturated heterocycles. The molecule has 0 bridgehead atoms. The molecule has 1 spiro atoms. The zero-order chi connectivity index (χ0) is 13.1. The monoisotopic (exact) mass is 282 g/mol. The van der Waals surface area contributed by atoms with Crippen LogP contribution in [0.25, 0.3) is 0 Å². The SMILES string of the molecule is CSCCCN1CCC2(CCCN(CC3CC3)C2)C1. The average Bonchev–Trinajstić information content (AvgIpc) is 3.13. The van der Waals surface area contributed by atoms with Crippen molar-refractivity contribution in [3.05, 3.63) is 0 Å². The molecule has 3 rings (SSSR count). The third kappa shape index (κ3) is 3.89. The van der Waals surface area contributed by atoms with E-state index in [-0.39, 0.29) is 0 Å². The topological polar surface area (TPSA) is 6.48 Å². The Balaban J connectivity index is 1.46. The summed E-state index contributed by atoms with van der Waals surface area (Å²) >= 11 is 1.99. The predicted octanol–water partition coefficient (Wildman–Crippen LogP) is 2.94. The number of rotatable bonds is 6. The normalized spacial score (nSPS) is 33.3. The third-order valence-corrected chi connectivity index (χ3v) is 5.99. The smallest absolute Gasteiger partial charge is 0.00508 e. The van der Waals surface area contributed by atoms with E-state index in [1.165, 1.54) is 83.5 Å². The first-order valence-corrected chi connectivity index (χ1v) is 9.63. The number of hydrogen-bond donors (Lipinski definition) is 0. The minimum atomic E-state index is 0.673. The molecule has 2 aliphatic heterocycles. The van der Waals surface area contributed by atoms with Gasteiger partial charge in [-0.05, 0) is 81.5 Å². The summed E-state index contributed by atoms with van der Waals surface area (Å²) in [7, 11) is 0. The van der Waals surface area contributed by atoms with Crippen LogP contribution in [-0.4, -0.2) is 61.1 Å². The highest BCUT2D eigenvalue weighted by molar-refractivity contribution is 7.98. The molecule has 0 aromatic carbocycles. The van der Waals surface area contributed by atoms with Gasteiger partial charge in [-0.1, -0.05) is 0 Å². The second-order valence-corrected chi connectivity index (χ2v) is 8.14. The second kappa shape index (κ2) is 6.36. The fourth-order valence-corrected chi connectivity index (χ4v) is 4.53. The summed E-state index contributed by atoms with van der Waals surface area (Å²) < 4.78 is 0. The molecule has 0 aromatic heterocycles. The van der Waals surface area contributed by atoms with Gasteiger partial charge in [0, 0.05) is 19.6 Å². The van der Waals surface area contributed by atoms with Gasteiger partial charge in [-0.15, -0.1) is 0 Å². The number of nitrogens with zero attached hydrogens (tertiary/aromatic N) is 2. The molecule has 2 nitrogen and oxygen atoms in total. The Kier molecular flexibility index (Phi) is 4.76. The van der Waals surface area contributed by atoms with Crippen molar-refractivity contribution in [3.63, 3.8) is 0 Å². The zero-order valence-electron chi connectivity index (χ0n) is 12.6. The van der Waals surface area contributed by atoms with Crippen molar-refractivity contribution in [3.8, 4) is 0 Å². The van der Waals surface area contributed by atoms with Crippen LogP contribution in [0.15, 0.2) is 0 Å². The molecule has 1 saturated carbocycles. The van der Waals surface area contributed by atoms with Crippen molar-refractivity contribution in [1.82, 2.24) is 9.80 Å². The van der Waals surface area contributed by atoms with Gasteiger partial charge in [0.05, 0.1) is 0 Å². The van der Waals surface area contributed by atoms with Crippen LogP contribution in [0.1, 0.15) is 38.5 Å². The van der Waals surface area contributed by atoms with Crippen LogP contribution in [0.3, 0.4) is 0 Å². The summed E-state index contributed by atoms with van der Waals surface area (Å²) in [6.07, 6.45) is 11.0. The minimum absolute atomic E-state index is 0.673. The molecule has 19 heavy (non-hydrogen) atoms. The van der Waals surface area contributed by atoms with Gasteiger partial charge in [0.15, 0.2) is 0 Å². The molecule has 3 fully saturated rings. The van der Waals surface area contributed by atoms with E-state index in [1.807, 2.05) is 11.8 Å². The Morgan fingerprint density at radius 1 is 1.11 bits per heavy atom. The maximum atomic E-state index is 2.80. The highest BCUT2D eigenvalue weighted by Gasteiger charge is 2.41. The van der Waals surface area contributed by atoms with E-state index < -0.39 is 0 Å². The minimum Gasteiger partial charge on any atom is -0.303 e. The Morgan fingerprint density at radius 2 is 1.95 bits per heavy atom. The van der Waals surface area contributed by atoms with Crippen LogP contribution in [-0.2, 0) is 0 Å². The molecule has 1 unspecified atom stereocenters. The van der Waals surface area contributed by atoms with Gasteiger partial charge < -0.3 is 9.80 Å². The van der Waals surface area contributed by atoms with Gasteiger partial charge in [0.2, 0.25) is 0 Å². The molecule has 110 valence electrons. The first-order valence-electron chi connectivity index (χ1n) is 8.23. The fourth-order valence-electron chi connectivity index (χ4n) is 4.12. The van der Waals surface area contributed by atoms with Gasteiger partial charge >= 0.3 is 0 Å². The third-order valence-electron chi connectivity index (χ3n) is 5.29. The predicted molar refractivity (Wildman–Crippen MR) is 84.9 cm³/mol. The Bertz CT molecular complexity index is 292. The van der Waals surface area contributed by atoms with E-state index >= 15 is 0 Å². The highest BCUT2D eigenvalue weighted by atomic mass is 32.2. The molecule has 1 atom stereocenters. The Morgan fingerprint density at radius 3 is 2.74 bits per heavy atom. The first kappa shape index (κ1) is 14.2. The van der Waals surface area contributed by atoms with E-state index in [0.29, 0.717) is 5.41 Å². The van der Waals surface area contributed by atoms with Crippen LogP contribution in [0, 0.1) is 11.3 Å². The van der Waals surface area contributed by atoms with Gasteiger partial charge in [-0.25, -0.2) is 0 Å². The van der Waals surface area contributed by atoms with Crippen LogP contribution in [0.4, 0.5) is 0 Å². The molecule has 1 aliphatic carbocycles. The highest BCUT2D eigenvalue weighted by Crippen LogP contribution is 2.40. The molecule has 3 heteroatoms. The molecule has 0 radical (unpaired) electrons. The molecule has 0 aromatic rings. The van der Waals surface area contributed by atoms with E-state index in [1.54, 1.807) is 0 Å². The lowest BCUT2D eigenvalue weighted by atomic mass is 9.79. The summed E-state index contributed by atoms with van der Waals surface area (Å²) in [6.45, 7) is 8.29. The van der Waals surface area contributed by atoms with E-state index in [2.05, 4.69) is 16.1 Å². The van der Waals surface area contributed by atoms with E-state index in [4.69, 9.17) is 0 Å². The van der Waals surface area contributed by atoms with E-state index in [9.17, 15) is 0 Å². The van der Waals surface area contributed by atoms with Crippen LogP contribution < -0.4 is 0 Å². The van der Waals surface area contributed by atoms with Gasteiger partial charge in [0.1, 0.15) is 0 Å². The zero-order valence-corrected chi connectivity index (χ0v) is 13.4. The van der Waals surface area contributed by atoms with Crippen LogP contribution in [0.5, 0.6) is 0 Å². The Labute approximate surface area is 123 Å². The van der Waals surface area contributed by atoms with Gasteiger partial charge in [-0.2, -0.15) is 11.8 Å². The fraction of sp³-hybridized carbons (Fsp3) is 1.00. The van der Waals surface area contributed by atoms with Crippen molar-refractivity contribution in [2.75, 3.05) is 51.3 Å². The molecule has 2 heterocycles. The lowest BCUT2D eigenvalue weighted by Crippen LogP contribution is -2.45. The molecule has 0 N–H and O–H groups in total. The molecular formula is C16H30N2S. The standard InChI is InChI=1S/C16H30N2S/c1-19-11-3-9-17-10-7-16(13-17)6-2-8-18(14-16)12-15-4-5-15/h15H,2-14H2,1H3.